The van der Waals surface area contributed by atoms with Gasteiger partial charge in [0.1, 0.15) is 0 Å². The van der Waals surface area contributed by atoms with Crippen LogP contribution in [0.25, 0.3) is 34.4 Å². The molecule has 0 amide bonds. The number of aromatic nitrogens is 2. The fourth-order valence-electron chi connectivity index (χ4n) is 2.93. The topological polar surface area (TPSA) is 25.8 Å². The summed E-state index contributed by atoms with van der Waals surface area (Å²) in [6.07, 6.45) is 5.61. The summed E-state index contributed by atoms with van der Waals surface area (Å²) in [5, 5.41) is 3.46. The lowest BCUT2D eigenvalue weighted by molar-refractivity contribution is 0.533. The molecular formula is C20H18N2. The number of hydrogen-bond donors (Lipinski definition) is 0. The van der Waals surface area contributed by atoms with Gasteiger partial charge in [-0.3, -0.25) is 0 Å². The van der Waals surface area contributed by atoms with Crippen LogP contribution in [0.1, 0.15) is 20.3 Å². The number of benzene rings is 1. The van der Waals surface area contributed by atoms with Crippen LogP contribution in [0, 0.1) is 5.41 Å². The number of para-hydroxylation sites is 1. The summed E-state index contributed by atoms with van der Waals surface area (Å²) in [5.74, 6) is 0. The van der Waals surface area contributed by atoms with Crippen LogP contribution < -0.4 is 10.6 Å². The van der Waals surface area contributed by atoms with Gasteiger partial charge >= 0.3 is 0 Å². The van der Waals surface area contributed by atoms with E-state index < -0.39 is 0 Å². The molecule has 0 aliphatic heterocycles. The van der Waals surface area contributed by atoms with Gasteiger partial charge in [-0.05, 0) is 35.3 Å². The molecule has 3 aromatic rings. The zero-order valence-electron chi connectivity index (χ0n) is 12.9. The molecule has 2 nitrogen and oxygen atoms in total. The van der Waals surface area contributed by atoms with E-state index in [0.29, 0.717) is 0 Å². The van der Waals surface area contributed by atoms with Crippen LogP contribution >= 0.6 is 0 Å². The van der Waals surface area contributed by atoms with Gasteiger partial charge in [0.2, 0.25) is 0 Å². The third-order valence-electron chi connectivity index (χ3n) is 4.19. The van der Waals surface area contributed by atoms with Gasteiger partial charge in [-0.25, -0.2) is 9.97 Å². The second-order valence-corrected chi connectivity index (χ2v) is 6.60. The van der Waals surface area contributed by atoms with Crippen LogP contribution in [0.2, 0.25) is 0 Å². The van der Waals surface area contributed by atoms with Gasteiger partial charge in [-0.2, -0.15) is 0 Å². The number of fused-ring (bicyclic) bond motifs is 2. The second kappa shape index (κ2) is 4.77. The van der Waals surface area contributed by atoms with Gasteiger partial charge in [-0.15, -0.1) is 0 Å². The summed E-state index contributed by atoms with van der Waals surface area (Å²) < 4.78 is 0. The van der Waals surface area contributed by atoms with E-state index in [1.165, 1.54) is 5.22 Å². The molecule has 0 atom stereocenters. The maximum Gasteiger partial charge on any atom is 0.0894 e. The fourth-order valence-corrected chi connectivity index (χ4v) is 2.93. The molecule has 4 rings (SSSR count). The van der Waals surface area contributed by atoms with Crippen LogP contribution in [0.3, 0.4) is 0 Å². The third kappa shape index (κ3) is 2.31. The Labute approximate surface area is 129 Å². The van der Waals surface area contributed by atoms with E-state index in [1.54, 1.807) is 0 Å². The van der Waals surface area contributed by atoms with Gasteiger partial charge in [0.15, 0.2) is 0 Å². The van der Waals surface area contributed by atoms with Gasteiger partial charge < -0.3 is 0 Å². The van der Waals surface area contributed by atoms with Crippen molar-refractivity contribution in [2.24, 2.45) is 5.41 Å². The molecule has 0 fully saturated rings. The summed E-state index contributed by atoms with van der Waals surface area (Å²) in [7, 11) is 0. The first-order valence-electron chi connectivity index (χ1n) is 7.67. The lowest BCUT2D eigenvalue weighted by atomic mass is 9.86. The minimum Gasteiger partial charge on any atom is -0.246 e. The molecule has 2 aromatic heterocycles. The van der Waals surface area contributed by atoms with Crippen molar-refractivity contribution in [3.8, 4) is 11.4 Å². The number of nitrogens with zero attached hydrogens (tertiary/aromatic N) is 2. The second-order valence-electron chi connectivity index (χ2n) is 6.60. The zero-order chi connectivity index (χ0) is 15.2. The zero-order valence-corrected chi connectivity index (χ0v) is 12.9. The summed E-state index contributed by atoms with van der Waals surface area (Å²) in [6, 6.07) is 16.6. The molecular weight excluding hydrogens is 268 g/mol. The Morgan fingerprint density at radius 1 is 0.864 bits per heavy atom. The maximum absolute atomic E-state index is 4.84. The highest BCUT2D eigenvalue weighted by atomic mass is 14.8. The van der Waals surface area contributed by atoms with E-state index >= 15 is 0 Å². The van der Waals surface area contributed by atoms with Crippen LogP contribution in [-0.2, 0) is 0 Å². The first kappa shape index (κ1) is 13.2. The molecule has 22 heavy (non-hydrogen) atoms. The predicted octanol–water partition coefficient (Wildman–Crippen LogP) is 3.29. The molecule has 0 radical (unpaired) electrons. The van der Waals surface area contributed by atoms with Gasteiger partial charge in [0.05, 0.1) is 22.3 Å². The number of pyridine rings is 2. The van der Waals surface area contributed by atoms with Crippen molar-refractivity contribution >= 4 is 23.1 Å². The number of rotatable bonds is 1. The van der Waals surface area contributed by atoms with Gasteiger partial charge in [0.25, 0.3) is 0 Å². The standard InChI is InChI=1S/C20H18N2/c1-20(2)12-11-15-8-10-18(22-19(15)13-20)17-9-7-14-5-3-4-6-16(14)21-17/h3-11,13H,12H2,1-2H3. The lowest BCUT2D eigenvalue weighted by Gasteiger charge is -2.20. The maximum atomic E-state index is 4.84. The molecule has 0 spiro atoms. The van der Waals surface area contributed by atoms with E-state index in [0.717, 1.165) is 34.1 Å². The molecule has 1 aliphatic carbocycles. The van der Waals surface area contributed by atoms with Gasteiger partial charge in [-0.1, -0.05) is 56.3 Å². The molecule has 0 bridgehead atoms. The highest BCUT2D eigenvalue weighted by molar-refractivity contribution is 5.80. The molecule has 1 aromatic carbocycles. The monoisotopic (exact) mass is 286 g/mol. The average molecular weight is 286 g/mol. The lowest BCUT2D eigenvalue weighted by Crippen LogP contribution is -2.34. The Kier molecular flexibility index (Phi) is 2.86. The Balaban J connectivity index is 1.89. The predicted molar refractivity (Wildman–Crippen MR) is 91.6 cm³/mol. The molecule has 0 saturated carbocycles. The fraction of sp³-hybridized carbons (Fsp3) is 0.200. The molecule has 108 valence electrons. The van der Waals surface area contributed by atoms with Crippen molar-refractivity contribution < 1.29 is 0 Å². The quantitative estimate of drug-likeness (QED) is 0.686. The van der Waals surface area contributed by atoms with Crippen molar-refractivity contribution in [1.82, 2.24) is 9.97 Å². The third-order valence-corrected chi connectivity index (χ3v) is 4.19. The smallest absolute Gasteiger partial charge is 0.0894 e. The largest absolute Gasteiger partial charge is 0.246 e. The van der Waals surface area contributed by atoms with Crippen LogP contribution in [-0.4, -0.2) is 9.97 Å². The first-order valence-corrected chi connectivity index (χ1v) is 7.67. The molecule has 0 unspecified atom stereocenters. The number of hydrogen-bond acceptors (Lipinski definition) is 2. The van der Waals surface area contributed by atoms with E-state index in [2.05, 4.69) is 56.3 Å². The van der Waals surface area contributed by atoms with E-state index in [9.17, 15) is 0 Å². The Morgan fingerprint density at radius 3 is 2.55 bits per heavy atom. The molecule has 1 aliphatic rings. The summed E-state index contributed by atoms with van der Waals surface area (Å²) in [5.41, 5.74) is 3.05. The normalized spacial score (nSPS) is 15.7. The Morgan fingerprint density at radius 2 is 1.64 bits per heavy atom. The van der Waals surface area contributed by atoms with Crippen LogP contribution in [0.4, 0.5) is 0 Å². The highest BCUT2D eigenvalue weighted by Crippen LogP contribution is 2.24. The van der Waals surface area contributed by atoms with Crippen molar-refractivity contribution in [2.45, 2.75) is 20.3 Å². The van der Waals surface area contributed by atoms with E-state index in [-0.39, 0.29) is 5.41 Å². The Bertz CT molecular complexity index is 984. The minimum atomic E-state index is 0.176. The van der Waals surface area contributed by atoms with Crippen molar-refractivity contribution in [2.75, 3.05) is 0 Å². The van der Waals surface area contributed by atoms with Crippen molar-refractivity contribution in [3.63, 3.8) is 0 Å². The SMILES string of the molecule is CC1(C)C=c2nc(-c3ccc4ccccc4n3)ccc2=CC1. The van der Waals surface area contributed by atoms with Gasteiger partial charge in [0, 0.05) is 5.39 Å². The minimum absolute atomic E-state index is 0.176. The molecule has 2 heteroatoms. The Hall–Kier alpha value is -2.48. The van der Waals surface area contributed by atoms with Crippen molar-refractivity contribution in [1.29, 1.82) is 0 Å². The van der Waals surface area contributed by atoms with E-state index in [4.69, 9.17) is 9.97 Å². The summed E-state index contributed by atoms with van der Waals surface area (Å²) in [4.78, 5) is 9.58. The summed E-state index contributed by atoms with van der Waals surface area (Å²) in [6.45, 7) is 4.49. The first-order chi connectivity index (χ1) is 10.6. The molecule has 2 heterocycles. The average Bonchev–Trinajstić information content (AvgIpc) is 2.53. The molecule has 0 N–H and O–H groups in total. The van der Waals surface area contributed by atoms with Crippen molar-refractivity contribution in [3.05, 3.63) is 59.1 Å². The molecule has 0 saturated heterocycles. The highest BCUT2D eigenvalue weighted by Gasteiger charge is 2.16. The van der Waals surface area contributed by atoms with E-state index in [1.807, 2.05) is 18.2 Å². The summed E-state index contributed by atoms with van der Waals surface area (Å²) >= 11 is 0. The van der Waals surface area contributed by atoms with Crippen LogP contribution in [0.5, 0.6) is 0 Å². The van der Waals surface area contributed by atoms with Crippen LogP contribution in [0.15, 0.2) is 48.5 Å².